The van der Waals surface area contributed by atoms with Gasteiger partial charge >= 0.3 is 0 Å². The summed E-state index contributed by atoms with van der Waals surface area (Å²) in [6, 6.07) is 5.91. The maximum absolute atomic E-state index is 12.1. The highest BCUT2D eigenvalue weighted by Gasteiger charge is 2.26. The molecule has 1 aliphatic heterocycles. The Morgan fingerprint density at radius 1 is 1.39 bits per heavy atom. The summed E-state index contributed by atoms with van der Waals surface area (Å²) in [6.07, 6.45) is 0.673. The lowest BCUT2D eigenvalue weighted by molar-refractivity contribution is -0.124. The van der Waals surface area contributed by atoms with Crippen LogP contribution in [0.5, 0.6) is 0 Å². The molecule has 0 aliphatic carbocycles. The van der Waals surface area contributed by atoms with Gasteiger partial charge in [-0.15, -0.1) is 0 Å². The molecule has 0 spiro atoms. The molecule has 1 aliphatic rings. The van der Waals surface area contributed by atoms with E-state index in [2.05, 4.69) is 5.32 Å². The van der Waals surface area contributed by atoms with Gasteiger partial charge < -0.3 is 15.8 Å². The van der Waals surface area contributed by atoms with Crippen molar-refractivity contribution in [3.05, 3.63) is 29.3 Å². The molecular formula is C14H20N2O2. The second-order valence-electron chi connectivity index (χ2n) is 5.35. The Morgan fingerprint density at radius 3 is 2.83 bits per heavy atom. The largest absolute Gasteiger partial charge is 0.372 e. The standard InChI is InChI=1S/C14H20N2O2/c1-14(2,5-6-15)13(17)16-12-4-3-10-8-18-9-11(10)7-12/h3-4,7H,5-6,8-9,15H2,1-2H3,(H,16,17). The molecule has 4 nitrogen and oxygen atoms in total. The molecule has 18 heavy (non-hydrogen) atoms. The van der Waals surface area contributed by atoms with Crippen molar-refractivity contribution in [2.24, 2.45) is 11.1 Å². The lowest BCUT2D eigenvalue weighted by Gasteiger charge is -2.22. The first-order valence-electron chi connectivity index (χ1n) is 6.24. The summed E-state index contributed by atoms with van der Waals surface area (Å²) >= 11 is 0. The van der Waals surface area contributed by atoms with E-state index < -0.39 is 5.41 Å². The number of anilines is 1. The summed E-state index contributed by atoms with van der Waals surface area (Å²) in [4.78, 5) is 12.1. The summed E-state index contributed by atoms with van der Waals surface area (Å²) in [5.41, 5.74) is 8.27. The second-order valence-corrected chi connectivity index (χ2v) is 5.35. The van der Waals surface area contributed by atoms with Crippen LogP contribution in [-0.4, -0.2) is 12.5 Å². The zero-order valence-electron chi connectivity index (χ0n) is 11.0. The highest BCUT2D eigenvalue weighted by molar-refractivity contribution is 5.94. The summed E-state index contributed by atoms with van der Waals surface area (Å²) < 4.78 is 5.35. The molecule has 1 amide bonds. The van der Waals surface area contributed by atoms with E-state index in [0.717, 1.165) is 11.3 Å². The molecule has 0 fully saturated rings. The van der Waals surface area contributed by atoms with Crippen LogP contribution in [0.3, 0.4) is 0 Å². The first kappa shape index (κ1) is 13.1. The van der Waals surface area contributed by atoms with Crippen molar-refractivity contribution in [2.45, 2.75) is 33.5 Å². The molecule has 2 rings (SSSR count). The van der Waals surface area contributed by atoms with Crippen LogP contribution in [-0.2, 0) is 22.7 Å². The smallest absolute Gasteiger partial charge is 0.230 e. The molecule has 0 saturated carbocycles. The van der Waals surface area contributed by atoms with E-state index in [0.29, 0.717) is 26.2 Å². The van der Waals surface area contributed by atoms with Gasteiger partial charge in [0, 0.05) is 11.1 Å². The van der Waals surface area contributed by atoms with Crippen LogP contribution >= 0.6 is 0 Å². The topological polar surface area (TPSA) is 64.4 Å². The number of carbonyl (C=O) groups is 1. The van der Waals surface area contributed by atoms with Gasteiger partial charge in [0.1, 0.15) is 0 Å². The Kier molecular flexibility index (Phi) is 3.68. The molecule has 1 aromatic rings. The fraction of sp³-hybridized carbons (Fsp3) is 0.500. The van der Waals surface area contributed by atoms with Crippen molar-refractivity contribution in [1.29, 1.82) is 0 Å². The lowest BCUT2D eigenvalue weighted by atomic mass is 9.88. The molecule has 0 atom stereocenters. The van der Waals surface area contributed by atoms with Crippen LogP contribution in [0.25, 0.3) is 0 Å². The van der Waals surface area contributed by atoms with Crippen molar-refractivity contribution in [1.82, 2.24) is 0 Å². The molecule has 0 radical (unpaired) electrons. The van der Waals surface area contributed by atoms with Crippen molar-refractivity contribution in [3.8, 4) is 0 Å². The Labute approximate surface area is 108 Å². The average Bonchev–Trinajstić information content (AvgIpc) is 2.76. The van der Waals surface area contributed by atoms with Gasteiger partial charge in [-0.3, -0.25) is 4.79 Å². The monoisotopic (exact) mass is 248 g/mol. The lowest BCUT2D eigenvalue weighted by Crippen LogP contribution is -2.32. The van der Waals surface area contributed by atoms with E-state index in [1.807, 2.05) is 32.0 Å². The van der Waals surface area contributed by atoms with Gasteiger partial charge in [-0.05, 0) is 36.2 Å². The van der Waals surface area contributed by atoms with Gasteiger partial charge in [-0.25, -0.2) is 0 Å². The number of amides is 1. The summed E-state index contributed by atoms with van der Waals surface area (Å²) in [5, 5.41) is 2.95. The number of hydrogen-bond acceptors (Lipinski definition) is 3. The normalized spacial score (nSPS) is 14.4. The van der Waals surface area contributed by atoms with E-state index in [-0.39, 0.29) is 5.91 Å². The number of benzene rings is 1. The molecule has 4 heteroatoms. The molecule has 0 bridgehead atoms. The number of rotatable bonds is 4. The number of nitrogens with one attached hydrogen (secondary N) is 1. The van der Waals surface area contributed by atoms with Crippen LogP contribution in [0.4, 0.5) is 5.69 Å². The highest BCUT2D eigenvalue weighted by atomic mass is 16.5. The van der Waals surface area contributed by atoms with Gasteiger partial charge in [0.25, 0.3) is 0 Å². The minimum absolute atomic E-state index is 0.00631. The molecule has 1 heterocycles. The van der Waals surface area contributed by atoms with E-state index in [4.69, 9.17) is 10.5 Å². The quantitative estimate of drug-likeness (QED) is 0.857. The summed E-state index contributed by atoms with van der Waals surface area (Å²) in [7, 11) is 0. The van der Waals surface area contributed by atoms with Crippen LogP contribution in [0.15, 0.2) is 18.2 Å². The van der Waals surface area contributed by atoms with Crippen LogP contribution in [0, 0.1) is 5.41 Å². The van der Waals surface area contributed by atoms with Crippen molar-refractivity contribution in [2.75, 3.05) is 11.9 Å². The molecule has 0 saturated heterocycles. The van der Waals surface area contributed by atoms with E-state index in [9.17, 15) is 4.79 Å². The maximum Gasteiger partial charge on any atom is 0.230 e. The predicted octanol–water partition coefficient (Wildman–Crippen LogP) is 2.03. The van der Waals surface area contributed by atoms with Gasteiger partial charge in [0.2, 0.25) is 5.91 Å². The molecule has 3 N–H and O–H groups in total. The zero-order valence-corrected chi connectivity index (χ0v) is 11.0. The predicted molar refractivity (Wildman–Crippen MR) is 71.0 cm³/mol. The third-order valence-electron chi connectivity index (χ3n) is 3.36. The maximum atomic E-state index is 12.1. The van der Waals surface area contributed by atoms with Gasteiger partial charge in [-0.2, -0.15) is 0 Å². The van der Waals surface area contributed by atoms with Crippen molar-refractivity contribution < 1.29 is 9.53 Å². The van der Waals surface area contributed by atoms with Crippen molar-refractivity contribution in [3.63, 3.8) is 0 Å². The van der Waals surface area contributed by atoms with Crippen molar-refractivity contribution >= 4 is 11.6 Å². The van der Waals surface area contributed by atoms with Crippen LogP contribution in [0.2, 0.25) is 0 Å². The minimum atomic E-state index is -0.440. The fourth-order valence-electron chi connectivity index (χ4n) is 2.02. The second kappa shape index (κ2) is 5.08. The minimum Gasteiger partial charge on any atom is -0.372 e. The Hall–Kier alpha value is -1.39. The first-order valence-corrected chi connectivity index (χ1v) is 6.24. The fourth-order valence-corrected chi connectivity index (χ4v) is 2.02. The zero-order chi connectivity index (χ0) is 13.2. The van der Waals surface area contributed by atoms with Gasteiger partial charge in [-0.1, -0.05) is 19.9 Å². The average molecular weight is 248 g/mol. The number of carbonyl (C=O) groups excluding carboxylic acids is 1. The third-order valence-corrected chi connectivity index (χ3v) is 3.36. The van der Waals surface area contributed by atoms with Crippen LogP contribution < -0.4 is 11.1 Å². The molecule has 1 aromatic carbocycles. The number of nitrogens with two attached hydrogens (primary N) is 1. The summed E-state index contributed by atoms with van der Waals surface area (Å²) in [5.74, 6) is 0.00631. The Balaban J connectivity index is 2.08. The molecule has 0 unspecified atom stereocenters. The number of ether oxygens (including phenoxy) is 1. The number of fused-ring (bicyclic) bond motifs is 1. The van der Waals surface area contributed by atoms with Crippen LogP contribution in [0.1, 0.15) is 31.4 Å². The van der Waals surface area contributed by atoms with E-state index in [1.54, 1.807) is 0 Å². The van der Waals surface area contributed by atoms with Gasteiger partial charge in [0.15, 0.2) is 0 Å². The number of hydrogen-bond donors (Lipinski definition) is 2. The van der Waals surface area contributed by atoms with E-state index in [1.165, 1.54) is 5.56 Å². The highest BCUT2D eigenvalue weighted by Crippen LogP contribution is 2.26. The SMILES string of the molecule is CC(C)(CCN)C(=O)Nc1ccc2c(c1)COC2. The molecule has 98 valence electrons. The molecule has 0 aromatic heterocycles. The molecular weight excluding hydrogens is 228 g/mol. The Bertz CT molecular complexity index is 455. The summed E-state index contributed by atoms with van der Waals surface area (Å²) in [6.45, 7) is 5.63. The first-order chi connectivity index (χ1) is 8.53. The Morgan fingerprint density at radius 2 is 2.11 bits per heavy atom. The third kappa shape index (κ3) is 2.71. The van der Waals surface area contributed by atoms with Gasteiger partial charge in [0.05, 0.1) is 13.2 Å². The van der Waals surface area contributed by atoms with E-state index >= 15 is 0 Å².